The molecule has 0 spiro atoms. The van der Waals surface area contributed by atoms with Crippen LogP contribution in [0.2, 0.25) is 0 Å². The standard InChI is InChI=1S/C26H29N3O4/c1-28-23-13-8-20(14-24(23)29(2)26(28)31)25(30)17-33-22-11-6-19(7-12-22)16-27-15-18-4-9-21(32-3)10-5-18/h4-14,25,27,30H,15-17H2,1-3H3. The van der Waals surface area contributed by atoms with Gasteiger partial charge in [0, 0.05) is 27.2 Å². The van der Waals surface area contributed by atoms with Crippen LogP contribution in [-0.4, -0.2) is 28.0 Å². The van der Waals surface area contributed by atoms with Gasteiger partial charge in [-0.05, 0) is 53.1 Å². The number of rotatable bonds is 9. The lowest BCUT2D eigenvalue weighted by Crippen LogP contribution is -2.19. The highest BCUT2D eigenvalue weighted by Crippen LogP contribution is 2.21. The summed E-state index contributed by atoms with van der Waals surface area (Å²) in [6.45, 7) is 1.64. The molecule has 0 bridgehead atoms. The lowest BCUT2D eigenvalue weighted by atomic mass is 10.1. The molecule has 3 aromatic carbocycles. The zero-order valence-corrected chi connectivity index (χ0v) is 19.1. The maximum Gasteiger partial charge on any atom is 0.328 e. The Labute approximate surface area is 192 Å². The van der Waals surface area contributed by atoms with E-state index in [0.717, 1.165) is 35.4 Å². The van der Waals surface area contributed by atoms with Crippen LogP contribution in [0.5, 0.6) is 11.5 Å². The number of benzene rings is 3. The first-order chi connectivity index (χ1) is 16.0. The smallest absolute Gasteiger partial charge is 0.328 e. The van der Waals surface area contributed by atoms with Crippen LogP contribution in [0.1, 0.15) is 22.8 Å². The molecule has 0 aliphatic carbocycles. The summed E-state index contributed by atoms with van der Waals surface area (Å²) in [5, 5.41) is 14.0. The van der Waals surface area contributed by atoms with E-state index in [1.807, 2.05) is 66.7 Å². The van der Waals surface area contributed by atoms with Gasteiger partial charge in [-0.3, -0.25) is 9.13 Å². The van der Waals surface area contributed by atoms with Crippen LogP contribution in [-0.2, 0) is 27.2 Å². The van der Waals surface area contributed by atoms with Crippen molar-refractivity contribution in [3.63, 3.8) is 0 Å². The topological polar surface area (TPSA) is 77.7 Å². The van der Waals surface area contributed by atoms with Gasteiger partial charge in [-0.25, -0.2) is 4.79 Å². The Morgan fingerprint density at radius 2 is 1.42 bits per heavy atom. The van der Waals surface area contributed by atoms with E-state index in [4.69, 9.17) is 9.47 Å². The second-order valence-corrected chi connectivity index (χ2v) is 8.07. The number of hydrogen-bond acceptors (Lipinski definition) is 5. The first-order valence-electron chi connectivity index (χ1n) is 10.8. The molecule has 0 amide bonds. The highest BCUT2D eigenvalue weighted by atomic mass is 16.5. The Balaban J connectivity index is 1.29. The minimum absolute atomic E-state index is 0.0912. The zero-order valence-electron chi connectivity index (χ0n) is 19.1. The summed E-state index contributed by atoms with van der Waals surface area (Å²) < 4.78 is 14.1. The fourth-order valence-electron chi connectivity index (χ4n) is 3.80. The van der Waals surface area contributed by atoms with Crippen molar-refractivity contribution >= 4 is 11.0 Å². The van der Waals surface area contributed by atoms with Gasteiger partial charge in [0.15, 0.2) is 0 Å². The van der Waals surface area contributed by atoms with E-state index in [2.05, 4.69) is 5.32 Å². The number of hydrogen-bond donors (Lipinski definition) is 2. The van der Waals surface area contributed by atoms with E-state index in [0.29, 0.717) is 11.3 Å². The van der Waals surface area contributed by atoms with E-state index < -0.39 is 6.10 Å². The lowest BCUT2D eigenvalue weighted by molar-refractivity contribution is 0.108. The number of aryl methyl sites for hydroxylation is 2. The number of nitrogens with zero attached hydrogens (tertiary/aromatic N) is 2. The summed E-state index contributed by atoms with van der Waals surface area (Å²) in [5.41, 5.74) is 4.57. The van der Waals surface area contributed by atoms with Crippen LogP contribution in [0, 0.1) is 0 Å². The van der Waals surface area contributed by atoms with Crippen molar-refractivity contribution in [1.29, 1.82) is 0 Å². The van der Waals surface area contributed by atoms with Crippen molar-refractivity contribution in [2.75, 3.05) is 13.7 Å². The Morgan fingerprint density at radius 3 is 2.03 bits per heavy atom. The molecule has 1 heterocycles. The molecule has 33 heavy (non-hydrogen) atoms. The van der Waals surface area contributed by atoms with Gasteiger partial charge in [-0.1, -0.05) is 30.3 Å². The highest BCUT2D eigenvalue weighted by molar-refractivity contribution is 5.77. The second kappa shape index (κ2) is 9.94. The van der Waals surface area contributed by atoms with Gasteiger partial charge >= 0.3 is 5.69 Å². The summed E-state index contributed by atoms with van der Waals surface area (Å²) in [7, 11) is 5.13. The Bertz CT molecular complexity index is 1270. The summed E-state index contributed by atoms with van der Waals surface area (Å²) in [6.07, 6.45) is -0.796. The number of ether oxygens (including phenoxy) is 2. The normalized spacial score (nSPS) is 12.1. The number of methoxy groups -OCH3 is 1. The quantitative estimate of drug-likeness (QED) is 0.412. The number of fused-ring (bicyclic) bond motifs is 1. The summed E-state index contributed by atoms with van der Waals surface area (Å²) in [5.74, 6) is 1.55. The molecule has 1 atom stereocenters. The fourth-order valence-corrected chi connectivity index (χ4v) is 3.80. The van der Waals surface area contributed by atoms with Crippen LogP contribution in [0.15, 0.2) is 71.5 Å². The summed E-state index contributed by atoms with van der Waals surface area (Å²) >= 11 is 0. The van der Waals surface area contributed by atoms with E-state index in [-0.39, 0.29) is 12.3 Å². The number of aromatic nitrogens is 2. The zero-order chi connectivity index (χ0) is 23.4. The number of aliphatic hydroxyl groups is 1. The average Bonchev–Trinajstić information content (AvgIpc) is 3.07. The van der Waals surface area contributed by atoms with Gasteiger partial charge < -0.3 is 19.9 Å². The van der Waals surface area contributed by atoms with Gasteiger partial charge in [0.25, 0.3) is 0 Å². The minimum atomic E-state index is -0.796. The average molecular weight is 448 g/mol. The highest BCUT2D eigenvalue weighted by Gasteiger charge is 2.13. The number of nitrogens with one attached hydrogen (secondary N) is 1. The van der Waals surface area contributed by atoms with Crippen molar-refractivity contribution in [1.82, 2.24) is 14.5 Å². The molecule has 7 heteroatoms. The molecule has 0 fully saturated rings. The Hall–Kier alpha value is -3.55. The van der Waals surface area contributed by atoms with Crippen molar-refractivity contribution in [2.45, 2.75) is 19.2 Å². The van der Waals surface area contributed by atoms with Crippen LogP contribution >= 0.6 is 0 Å². The molecule has 0 radical (unpaired) electrons. The molecular weight excluding hydrogens is 418 g/mol. The van der Waals surface area contributed by atoms with Crippen LogP contribution in [0.3, 0.4) is 0 Å². The minimum Gasteiger partial charge on any atom is -0.497 e. The molecule has 4 rings (SSSR count). The van der Waals surface area contributed by atoms with Gasteiger partial charge in [0.1, 0.15) is 24.2 Å². The molecule has 172 valence electrons. The van der Waals surface area contributed by atoms with Crippen LogP contribution < -0.4 is 20.5 Å². The molecule has 4 aromatic rings. The van der Waals surface area contributed by atoms with Crippen molar-refractivity contribution in [3.05, 3.63) is 93.9 Å². The van der Waals surface area contributed by atoms with E-state index in [9.17, 15) is 9.90 Å². The Morgan fingerprint density at radius 1 is 0.848 bits per heavy atom. The van der Waals surface area contributed by atoms with Crippen LogP contribution in [0.25, 0.3) is 11.0 Å². The molecule has 0 saturated carbocycles. The molecule has 0 saturated heterocycles. The lowest BCUT2D eigenvalue weighted by Gasteiger charge is -2.14. The second-order valence-electron chi connectivity index (χ2n) is 8.07. The molecular formula is C26H29N3O4. The van der Waals surface area contributed by atoms with Gasteiger partial charge in [-0.2, -0.15) is 0 Å². The molecule has 1 unspecified atom stereocenters. The third kappa shape index (κ3) is 5.10. The summed E-state index contributed by atoms with van der Waals surface area (Å²) in [6, 6.07) is 21.3. The molecule has 2 N–H and O–H groups in total. The maximum absolute atomic E-state index is 12.1. The third-order valence-corrected chi connectivity index (χ3v) is 5.83. The largest absolute Gasteiger partial charge is 0.497 e. The Kier molecular flexibility index (Phi) is 6.82. The predicted octanol–water partition coefficient (Wildman–Crippen LogP) is 3.29. The van der Waals surface area contributed by atoms with Crippen molar-refractivity contribution in [3.8, 4) is 11.5 Å². The number of aliphatic hydroxyl groups excluding tert-OH is 1. The first kappa shape index (κ1) is 22.6. The van der Waals surface area contributed by atoms with E-state index >= 15 is 0 Å². The molecule has 0 aliphatic heterocycles. The van der Waals surface area contributed by atoms with Gasteiger partial charge in [0.2, 0.25) is 0 Å². The first-order valence-corrected chi connectivity index (χ1v) is 10.8. The van der Waals surface area contributed by atoms with E-state index in [1.54, 1.807) is 30.3 Å². The summed E-state index contributed by atoms with van der Waals surface area (Å²) in [4.78, 5) is 12.1. The SMILES string of the molecule is COc1ccc(CNCc2ccc(OCC(O)c3ccc4c(c3)n(C)c(=O)n4C)cc2)cc1. The molecule has 0 aliphatic rings. The predicted molar refractivity (Wildman–Crippen MR) is 129 cm³/mol. The fraction of sp³-hybridized carbons (Fsp3) is 0.269. The van der Waals surface area contributed by atoms with E-state index in [1.165, 1.54) is 5.56 Å². The molecule has 7 nitrogen and oxygen atoms in total. The van der Waals surface area contributed by atoms with Crippen LogP contribution in [0.4, 0.5) is 0 Å². The van der Waals surface area contributed by atoms with Crippen molar-refractivity contribution < 1.29 is 14.6 Å². The van der Waals surface area contributed by atoms with Crippen molar-refractivity contribution in [2.24, 2.45) is 14.1 Å². The van der Waals surface area contributed by atoms with Gasteiger partial charge in [0.05, 0.1) is 18.1 Å². The third-order valence-electron chi connectivity index (χ3n) is 5.83. The molecule has 1 aromatic heterocycles. The monoisotopic (exact) mass is 447 g/mol. The number of imidazole rings is 1. The van der Waals surface area contributed by atoms with Gasteiger partial charge in [-0.15, -0.1) is 0 Å². The maximum atomic E-state index is 12.1.